The van der Waals surface area contributed by atoms with E-state index in [2.05, 4.69) is 27.0 Å². The number of H-pyrrole nitrogens is 1. The molecule has 2 aromatic heterocycles. The number of aromatic nitrogens is 2. The van der Waals surface area contributed by atoms with E-state index in [9.17, 15) is 9.18 Å². The second kappa shape index (κ2) is 9.19. The Hall–Kier alpha value is -3.23. The van der Waals surface area contributed by atoms with Crippen LogP contribution >= 0.6 is 0 Å². The molecule has 0 saturated carbocycles. The maximum atomic E-state index is 14.0. The topological polar surface area (TPSA) is 81.7 Å². The number of likely N-dealkylation sites (N-methyl/N-ethyl adjacent to an activating group) is 1. The van der Waals surface area contributed by atoms with E-state index >= 15 is 0 Å². The molecule has 2 unspecified atom stereocenters. The van der Waals surface area contributed by atoms with Crippen LogP contribution in [0.15, 0.2) is 42.6 Å². The second-order valence-electron chi connectivity index (χ2n) is 9.20. The molecule has 8 heteroatoms. The van der Waals surface area contributed by atoms with Crippen LogP contribution in [0.3, 0.4) is 0 Å². The van der Waals surface area contributed by atoms with Crippen molar-refractivity contribution in [3.63, 3.8) is 0 Å². The number of allylic oxidation sites excluding steroid dienone is 1. The van der Waals surface area contributed by atoms with E-state index < -0.39 is 0 Å². The molecule has 7 nitrogen and oxygen atoms in total. The van der Waals surface area contributed by atoms with Crippen molar-refractivity contribution in [2.24, 2.45) is 11.8 Å². The predicted octanol–water partition coefficient (Wildman–Crippen LogP) is 3.16. The fourth-order valence-electron chi connectivity index (χ4n) is 5.24. The number of ether oxygens (including phenoxy) is 1. The Bertz CT molecular complexity index is 1250. The molecule has 3 aromatic rings. The number of hydrogen-bond donors (Lipinski definition) is 2. The SMILES string of the molecule is COc1ccc(F)cc1-c1ccnc2[nH]c(C3=CC4CN(CC(=O)N(C)CCO)CC4C3)cc12. The van der Waals surface area contributed by atoms with Gasteiger partial charge in [-0.25, -0.2) is 9.37 Å². The summed E-state index contributed by atoms with van der Waals surface area (Å²) in [5, 5.41) is 9.97. The van der Waals surface area contributed by atoms with Gasteiger partial charge in [0.05, 0.1) is 20.3 Å². The number of hydrogen-bond acceptors (Lipinski definition) is 5. The number of amides is 1. The lowest BCUT2D eigenvalue weighted by molar-refractivity contribution is -0.131. The van der Waals surface area contributed by atoms with Gasteiger partial charge in [-0.2, -0.15) is 0 Å². The zero-order chi connectivity index (χ0) is 23.8. The largest absolute Gasteiger partial charge is 0.496 e. The Morgan fingerprint density at radius 1 is 1.29 bits per heavy atom. The summed E-state index contributed by atoms with van der Waals surface area (Å²) in [6, 6.07) is 8.52. The number of rotatable bonds is 7. The lowest BCUT2D eigenvalue weighted by Gasteiger charge is -2.21. The van der Waals surface area contributed by atoms with E-state index in [0.717, 1.165) is 41.8 Å². The van der Waals surface area contributed by atoms with Gasteiger partial charge in [0.15, 0.2) is 0 Å². The van der Waals surface area contributed by atoms with Gasteiger partial charge in [-0.05, 0) is 59.7 Å². The lowest BCUT2D eigenvalue weighted by atomic mass is 9.99. The molecule has 34 heavy (non-hydrogen) atoms. The molecule has 0 bridgehead atoms. The summed E-state index contributed by atoms with van der Waals surface area (Å²) in [6.45, 7) is 2.47. The molecule has 3 heterocycles. The first-order valence-electron chi connectivity index (χ1n) is 11.6. The Kier molecular flexibility index (Phi) is 6.10. The minimum absolute atomic E-state index is 0.0212. The van der Waals surface area contributed by atoms with Crippen LogP contribution in [-0.2, 0) is 4.79 Å². The first-order valence-corrected chi connectivity index (χ1v) is 11.6. The summed E-state index contributed by atoms with van der Waals surface area (Å²) < 4.78 is 19.5. The monoisotopic (exact) mass is 464 g/mol. The molecular weight excluding hydrogens is 435 g/mol. The average molecular weight is 465 g/mol. The van der Waals surface area contributed by atoms with E-state index in [1.165, 1.54) is 17.7 Å². The van der Waals surface area contributed by atoms with Crippen LogP contribution in [0.2, 0.25) is 0 Å². The standard InChI is InChI=1S/C26H29FN4O3/c1-30(7-8-32)25(33)15-31-13-17-9-16(10-18(17)14-31)23-12-22-20(5-6-28-26(22)29-23)21-11-19(27)3-4-24(21)34-2/h3-6,9,11-12,17-18,32H,7-8,10,13-15H2,1-2H3,(H,28,29). The number of aliphatic hydroxyl groups is 1. The molecule has 1 saturated heterocycles. The third kappa shape index (κ3) is 4.19. The summed E-state index contributed by atoms with van der Waals surface area (Å²) in [5.41, 5.74) is 4.62. The van der Waals surface area contributed by atoms with Crippen molar-refractivity contribution < 1.29 is 19.0 Å². The molecule has 178 valence electrons. The number of methoxy groups -OCH3 is 1. The number of nitrogens with one attached hydrogen (secondary N) is 1. The van der Waals surface area contributed by atoms with Crippen LogP contribution in [0.5, 0.6) is 5.75 Å². The minimum Gasteiger partial charge on any atom is -0.496 e. The number of nitrogens with zero attached hydrogens (tertiary/aromatic N) is 3. The number of halogens is 1. The van der Waals surface area contributed by atoms with Crippen molar-refractivity contribution >= 4 is 22.5 Å². The van der Waals surface area contributed by atoms with Gasteiger partial charge in [-0.15, -0.1) is 0 Å². The Morgan fingerprint density at radius 3 is 2.91 bits per heavy atom. The van der Waals surface area contributed by atoms with Gasteiger partial charge in [0, 0.05) is 49.5 Å². The molecule has 1 aliphatic carbocycles. The van der Waals surface area contributed by atoms with E-state index in [4.69, 9.17) is 9.84 Å². The van der Waals surface area contributed by atoms with Crippen LogP contribution in [0.25, 0.3) is 27.7 Å². The van der Waals surface area contributed by atoms with Crippen molar-refractivity contribution in [3.05, 3.63) is 54.1 Å². The number of carbonyl (C=O) groups excluding carboxylic acids is 1. The molecule has 1 aromatic carbocycles. The number of pyridine rings is 1. The summed E-state index contributed by atoms with van der Waals surface area (Å²) in [6.07, 6.45) is 4.98. The molecule has 2 N–H and O–H groups in total. The zero-order valence-electron chi connectivity index (χ0n) is 19.4. The maximum absolute atomic E-state index is 14.0. The summed E-state index contributed by atoms with van der Waals surface area (Å²) in [7, 11) is 3.31. The maximum Gasteiger partial charge on any atom is 0.236 e. The smallest absolute Gasteiger partial charge is 0.236 e. The van der Waals surface area contributed by atoms with Gasteiger partial charge in [0.2, 0.25) is 5.91 Å². The summed E-state index contributed by atoms with van der Waals surface area (Å²) in [4.78, 5) is 24.1. The van der Waals surface area contributed by atoms with Gasteiger partial charge in [0.1, 0.15) is 17.2 Å². The lowest BCUT2D eigenvalue weighted by Crippen LogP contribution is -2.38. The minimum atomic E-state index is -0.312. The molecule has 2 aliphatic rings. The van der Waals surface area contributed by atoms with Crippen molar-refractivity contribution in [3.8, 4) is 16.9 Å². The van der Waals surface area contributed by atoms with Gasteiger partial charge in [0.25, 0.3) is 0 Å². The highest BCUT2D eigenvalue weighted by atomic mass is 19.1. The second-order valence-corrected chi connectivity index (χ2v) is 9.20. The molecular formula is C26H29FN4O3. The summed E-state index contributed by atoms with van der Waals surface area (Å²) >= 11 is 0. The van der Waals surface area contributed by atoms with Crippen LogP contribution in [0.1, 0.15) is 12.1 Å². The average Bonchev–Trinajstić information content (AvgIpc) is 3.51. The molecule has 0 radical (unpaired) electrons. The van der Waals surface area contributed by atoms with Crippen LogP contribution in [0.4, 0.5) is 4.39 Å². The molecule has 1 fully saturated rings. The van der Waals surface area contributed by atoms with Gasteiger partial charge < -0.3 is 19.7 Å². The van der Waals surface area contributed by atoms with Crippen molar-refractivity contribution in [1.29, 1.82) is 0 Å². The molecule has 1 amide bonds. The van der Waals surface area contributed by atoms with Gasteiger partial charge >= 0.3 is 0 Å². The Morgan fingerprint density at radius 2 is 2.15 bits per heavy atom. The van der Waals surface area contributed by atoms with Gasteiger partial charge in [-0.1, -0.05) is 6.08 Å². The highest BCUT2D eigenvalue weighted by molar-refractivity contribution is 5.96. The van der Waals surface area contributed by atoms with Crippen molar-refractivity contribution in [2.45, 2.75) is 6.42 Å². The Balaban J connectivity index is 1.37. The number of fused-ring (bicyclic) bond motifs is 2. The van der Waals surface area contributed by atoms with Crippen LogP contribution in [-0.4, -0.2) is 77.7 Å². The quantitative estimate of drug-likeness (QED) is 0.561. The molecule has 2 atom stereocenters. The Labute approximate surface area is 197 Å². The zero-order valence-corrected chi connectivity index (χ0v) is 19.4. The van der Waals surface area contributed by atoms with E-state index in [1.54, 1.807) is 31.3 Å². The van der Waals surface area contributed by atoms with Crippen LogP contribution in [0, 0.1) is 17.7 Å². The molecule has 0 spiro atoms. The highest BCUT2D eigenvalue weighted by Gasteiger charge is 2.37. The number of aliphatic hydroxyl groups excluding tert-OH is 1. The van der Waals surface area contributed by atoms with Crippen LogP contribution < -0.4 is 4.74 Å². The molecule has 5 rings (SSSR count). The number of aromatic amines is 1. The molecule has 1 aliphatic heterocycles. The first kappa shape index (κ1) is 22.6. The number of likely N-dealkylation sites (tertiary alicyclic amines) is 1. The predicted molar refractivity (Wildman–Crippen MR) is 129 cm³/mol. The van der Waals surface area contributed by atoms with E-state index in [1.807, 2.05) is 6.07 Å². The number of carbonyl (C=O) groups is 1. The van der Waals surface area contributed by atoms with Crippen molar-refractivity contribution in [1.82, 2.24) is 19.8 Å². The summed E-state index contributed by atoms with van der Waals surface area (Å²) in [5.74, 6) is 1.24. The normalized spacial score (nSPS) is 19.9. The fourth-order valence-corrected chi connectivity index (χ4v) is 5.24. The van der Waals surface area contributed by atoms with E-state index in [-0.39, 0.29) is 18.3 Å². The third-order valence-electron chi connectivity index (χ3n) is 7.01. The highest BCUT2D eigenvalue weighted by Crippen LogP contribution is 2.42. The van der Waals surface area contributed by atoms with Crippen molar-refractivity contribution in [2.75, 3.05) is 46.9 Å². The fraction of sp³-hybridized carbons (Fsp3) is 0.385. The first-order chi connectivity index (χ1) is 16.5. The third-order valence-corrected chi connectivity index (χ3v) is 7.01. The van der Waals surface area contributed by atoms with Gasteiger partial charge in [-0.3, -0.25) is 9.69 Å². The number of benzene rings is 1. The van der Waals surface area contributed by atoms with E-state index in [0.29, 0.717) is 36.2 Å².